The van der Waals surface area contributed by atoms with Crippen LogP contribution in [0.1, 0.15) is 72.4 Å². The molecule has 3 amide bonds. The number of carboxylic acids is 1. The molecule has 0 aliphatic carbocycles. The summed E-state index contributed by atoms with van der Waals surface area (Å²) in [4.78, 5) is 51.6. The van der Waals surface area contributed by atoms with E-state index in [1.54, 1.807) is 43.7 Å². The molecule has 0 unspecified atom stereocenters. The van der Waals surface area contributed by atoms with Crippen LogP contribution in [0, 0.1) is 13.8 Å². The maximum atomic E-state index is 12.5. The van der Waals surface area contributed by atoms with Gasteiger partial charge in [0.1, 0.15) is 6.54 Å². The third-order valence-corrected chi connectivity index (χ3v) is 7.96. The molecule has 3 N–H and O–H groups in total. The number of carbonyl (C=O) groups is 4. The highest BCUT2D eigenvalue weighted by Crippen LogP contribution is 2.39. The van der Waals surface area contributed by atoms with Crippen molar-refractivity contribution in [1.82, 2.24) is 16.0 Å². The van der Waals surface area contributed by atoms with Gasteiger partial charge < -0.3 is 30.3 Å². The lowest BCUT2D eigenvalue weighted by Gasteiger charge is -2.30. The quantitative estimate of drug-likeness (QED) is 0.156. The summed E-state index contributed by atoms with van der Waals surface area (Å²) in [5.74, 6) is -1.61. The number of aliphatic carboxylic acids is 1. The molecule has 0 radical (unpaired) electrons. The van der Waals surface area contributed by atoms with Gasteiger partial charge in [-0.1, -0.05) is 51.1 Å². The number of quaternary nitrogens is 1. The fourth-order valence-corrected chi connectivity index (χ4v) is 5.85. The van der Waals surface area contributed by atoms with Gasteiger partial charge >= 0.3 is 0 Å². The Bertz CT molecular complexity index is 1170. The number of rotatable bonds is 14. The Morgan fingerprint density at radius 3 is 1.86 bits per heavy atom. The number of carbonyl (C=O) groups excluding carboxylic acids is 4. The van der Waals surface area contributed by atoms with E-state index >= 15 is 0 Å². The van der Waals surface area contributed by atoms with Gasteiger partial charge in [-0.25, -0.2) is 0 Å². The number of nitrogens with zero attached hydrogens (tertiary/aromatic N) is 1. The smallest absolute Gasteiger partial charge is 0.246 e. The maximum absolute atomic E-state index is 12.5. The summed E-state index contributed by atoms with van der Waals surface area (Å²) in [7, 11) is 3.55. The maximum Gasteiger partial charge on any atom is 0.246 e. The normalized spacial score (nSPS) is 9.60. The van der Waals surface area contributed by atoms with Crippen molar-refractivity contribution >= 4 is 46.4 Å². The summed E-state index contributed by atoms with van der Waals surface area (Å²) in [6, 6.07) is 4.02. The molecular formula is C32H60N4O5S2. The zero-order valence-electron chi connectivity index (χ0n) is 22.1. The van der Waals surface area contributed by atoms with Crippen LogP contribution in [0.15, 0.2) is 24.3 Å². The number of aryl methyl sites for hydroxylation is 2. The Morgan fingerprint density at radius 2 is 1.33 bits per heavy atom. The molecule has 250 valence electrons. The molecule has 0 fully saturated rings. The monoisotopic (exact) mass is 644 g/mol. The fourth-order valence-electron chi connectivity index (χ4n) is 3.64. The second-order valence-electron chi connectivity index (χ2n) is 9.68. The Morgan fingerprint density at radius 1 is 0.814 bits per heavy atom. The molecule has 2 heterocycles. The number of likely N-dealkylation sites (N-methyl/N-ethyl adjacent to an activating group) is 1. The number of thiophene rings is 2. The molecule has 9 nitrogen and oxygen atoms in total. The van der Waals surface area contributed by atoms with Gasteiger partial charge in [0.05, 0.1) is 46.0 Å². The van der Waals surface area contributed by atoms with E-state index < -0.39 is 5.97 Å². The first-order valence-corrected chi connectivity index (χ1v) is 13.6. The minimum atomic E-state index is -1.12. The highest BCUT2D eigenvalue weighted by Gasteiger charge is 2.19. The van der Waals surface area contributed by atoms with Crippen LogP contribution in [0.3, 0.4) is 0 Å². The van der Waals surface area contributed by atoms with E-state index in [4.69, 9.17) is 0 Å². The Kier molecular flexibility index (Phi) is 26.0. The van der Waals surface area contributed by atoms with Crippen LogP contribution in [0.25, 0.3) is 9.75 Å². The van der Waals surface area contributed by atoms with E-state index in [2.05, 4.69) is 22.5 Å². The van der Waals surface area contributed by atoms with Crippen LogP contribution in [-0.2, 0) is 32.0 Å². The topological polar surface area (TPSA) is 127 Å². The SMILES string of the molecule is C.C.C.C.C.C.C=C(C)C(=O)NCCNC(=O)Cc1cc(C)sc1-c1cc(CC(=O)NCC[N+](C)(C)CC(=O)[O-])c(C)s1. The van der Waals surface area contributed by atoms with Crippen molar-refractivity contribution in [3.8, 4) is 9.75 Å². The van der Waals surface area contributed by atoms with E-state index in [0.29, 0.717) is 31.8 Å². The van der Waals surface area contributed by atoms with Crippen LogP contribution < -0.4 is 21.1 Å². The molecule has 0 saturated carbocycles. The van der Waals surface area contributed by atoms with Crippen molar-refractivity contribution in [1.29, 1.82) is 0 Å². The van der Waals surface area contributed by atoms with Crippen LogP contribution in [-0.4, -0.2) is 75.0 Å². The first-order chi connectivity index (χ1) is 17.3. The third kappa shape index (κ3) is 17.0. The lowest BCUT2D eigenvalue weighted by molar-refractivity contribution is -0.883. The first kappa shape index (κ1) is 49.6. The minimum absolute atomic E-state index is 0. The number of carboxylic acid groups (broad SMARTS) is 1. The Labute approximate surface area is 270 Å². The molecule has 11 heteroatoms. The van der Waals surface area contributed by atoms with Gasteiger partial charge in [0.25, 0.3) is 0 Å². The average molecular weight is 645 g/mol. The number of amides is 3. The first-order valence-electron chi connectivity index (χ1n) is 12.0. The van der Waals surface area contributed by atoms with E-state index in [0.717, 1.165) is 30.6 Å². The van der Waals surface area contributed by atoms with Gasteiger partial charge in [-0.2, -0.15) is 0 Å². The molecule has 2 aromatic heterocycles. The van der Waals surface area contributed by atoms with Gasteiger partial charge in [0.2, 0.25) is 17.7 Å². The molecule has 0 atom stereocenters. The molecular weight excluding hydrogens is 585 g/mol. The van der Waals surface area contributed by atoms with Crippen LogP contribution in [0.5, 0.6) is 0 Å². The average Bonchev–Trinajstić information content (AvgIpc) is 3.31. The van der Waals surface area contributed by atoms with Gasteiger partial charge in [-0.15, -0.1) is 22.7 Å². The number of nitrogens with one attached hydrogen (secondary N) is 3. The van der Waals surface area contributed by atoms with E-state index in [9.17, 15) is 24.3 Å². The predicted octanol–water partition coefficient (Wildman–Crippen LogP) is 4.75. The van der Waals surface area contributed by atoms with Crippen LogP contribution in [0.2, 0.25) is 0 Å². The lowest BCUT2D eigenvalue weighted by atomic mass is 10.1. The molecule has 0 saturated heterocycles. The second kappa shape index (κ2) is 22.5. The van der Waals surface area contributed by atoms with Crippen molar-refractivity contribution in [3.63, 3.8) is 0 Å². The van der Waals surface area contributed by atoms with Crippen molar-refractivity contribution in [2.75, 3.05) is 46.8 Å². The number of hydrogen-bond donors (Lipinski definition) is 3. The number of hydrogen-bond acceptors (Lipinski definition) is 7. The molecule has 0 aliphatic rings. The minimum Gasteiger partial charge on any atom is -0.544 e. The van der Waals surface area contributed by atoms with Crippen LogP contribution in [0.4, 0.5) is 0 Å². The lowest BCUT2D eigenvalue weighted by Crippen LogP contribution is -2.51. The predicted molar refractivity (Wildman–Crippen MR) is 186 cm³/mol. The fraction of sp³-hybridized carbons (Fsp3) is 0.562. The van der Waals surface area contributed by atoms with Gasteiger partial charge in [-0.3, -0.25) is 14.4 Å². The Hall–Kier alpha value is -3.02. The summed E-state index contributed by atoms with van der Waals surface area (Å²) in [5.41, 5.74) is 2.27. The molecule has 0 aromatic carbocycles. The van der Waals surface area contributed by atoms with Crippen molar-refractivity contribution in [2.24, 2.45) is 0 Å². The summed E-state index contributed by atoms with van der Waals surface area (Å²) in [5, 5.41) is 19.2. The van der Waals surface area contributed by atoms with Crippen molar-refractivity contribution in [2.45, 2.75) is 78.2 Å². The highest BCUT2D eigenvalue weighted by molar-refractivity contribution is 7.22. The molecule has 0 bridgehead atoms. The highest BCUT2D eigenvalue weighted by atomic mass is 32.1. The molecule has 2 rings (SSSR count). The van der Waals surface area contributed by atoms with Crippen molar-refractivity contribution in [3.05, 3.63) is 45.2 Å². The third-order valence-electron chi connectivity index (χ3n) is 5.60. The molecule has 43 heavy (non-hydrogen) atoms. The van der Waals surface area contributed by atoms with Gasteiger partial charge in [0, 0.05) is 38.2 Å². The van der Waals surface area contributed by atoms with Gasteiger partial charge in [0.15, 0.2) is 0 Å². The van der Waals surface area contributed by atoms with E-state index in [-0.39, 0.29) is 86.2 Å². The molecule has 2 aromatic rings. The zero-order valence-corrected chi connectivity index (χ0v) is 23.7. The summed E-state index contributed by atoms with van der Waals surface area (Å²) in [6.45, 7) is 10.6. The van der Waals surface area contributed by atoms with Crippen LogP contribution >= 0.6 is 22.7 Å². The molecule has 0 spiro atoms. The van der Waals surface area contributed by atoms with Gasteiger partial charge in [-0.05, 0) is 44.0 Å². The van der Waals surface area contributed by atoms with Crippen molar-refractivity contribution < 1.29 is 28.8 Å². The largest absolute Gasteiger partial charge is 0.544 e. The summed E-state index contributed by atoms with van der Waals surface area (Å²) >= 11 is 3.21. The second-order valence-corrected chi connectivity index (χ2v) is 12.2. The summed E-state index contributed by atoms with van der Waals surface area (Å²) < 4.78 is 0.224. The van der Waals surface area contributed by atoms with E-state index in [1.165, 1.54) is 0 Å². The van der Waals surface area contributed by atoms with E-state index in [1.807, 2.05) is 26.0 Å². The summed E-state index contributed by atoms with van der Waals surface area (Å²) in [6.07, 6.45) is 0.451. The Balaban J connectivity index is -0.000000802. The standard InChI is InChI=1S/C26H36N4O5S2.6CH4/c1-16(2)26(35)29-8-7-27-23(32)14-20-11-17(3)36-25(20)21-12-19(18(4)37-21)13-22(31)28-9-10-30(5,6)15-24(33)34;;;;;;/h11-12H,1,7-10,13-15H2,2-6H3,(H3-,27,28,29,31,32,33,34,35);6*1H4. The zero-order chi connectivity index (χ0) is 27.8. The molecule has 0 aliphatic heterocycles.